The molecular formula is C12H16O2. The minimum atomic E-state index is 0.108. The van der Waals surface area contributed by atoms with Gasteiger partial charge in [-0.15, -0.1) is 0 Å². The SMILES string of the molecule is CC12C3CC1C1COC(=O)C(C1)C2C3. The van der Waals surface area contributed by atoms with Crippen LogP contribution in [0.15, 0.2) is 0 Å². The van der Waals surface area contributed by atoms with E-state index in [1.54, 1.807) is 0 Å². The fourth-order valence-electron chi connectivity index (χ4n) is 4.98. The van der Waals surface area contributed by atoms with Crippen LogP contribution in [0.1, 0.15) is 26.2 Å². The van der Waals surface area contributed by atoms with Gasteiger partial charge in [-0.3, -0.25) is 4.79 Å². The molecule has 4 fully saturated rings. The Morgan fingerprint density at radius 2 is 2.07 bits per heavy atom. The highest BCUT2D eigenvalue weighted by molar-refractivity contribution is 5.74. The Bertz CT molecular complexity index is 324. The summed E-state index contributed by atoms with van der Waals surface area (Å²) in [5.41, 5.74) is 0.549. The van der Waals surface area contributed by atoms with E-state index in [-0.39, 0.29) is 11.9 Å². The smallest absolute Gasteiger partial charge is 0.309 e. The Balaban J connectivity index is 1.76. The number of ether oxygens (including phenoxy) is 1. The van der Waals surface area contributed by atoms with Crippen molar-refractivity contribution >= 4 is 5.97 Å². The summed E-state index contributed by atoms with van der Waals surface area (Å²) in [6, 6.07) is 0. The quantitative estimate of drug-likeness (QED) is 0.547. The molecule has 0 radical (unpaired) electrons. The highest BCUT2D eigenvalue weighted by Crippen LogP contribution is 2.75. The Labute approximate surface area is 84.0 Å². The molecule has 4 rings (SSSR count). The lowest BCUT2D eigenvalue weighted by Gasteiger charge is -2.74. The van der Waals surface area contributed by atoms with Crippen LogP contribution < -0.4 is 0 Å². The zero-order valence-corrected chi connectivity index (χ0v) is 8.53. The van der Waals surface area contributed by atoms with E-state index in [2.05, 4.69) is 6.92 Å². The molecule has 0 spiro atoms. The van der Waals surface area contributed by atoms with E-state index >= 15 is 0 Å². The number of cyclic esters (lactones) is 1. The lowest BCUT2D eigenvalue weighted by molar-refractivity contribution is -0.273. The van der Waals surface area contributed by atoms with Gasteiger partial charge in [0, 0.05) is 0 Å². The molecule has 6 atom stereocenters. The van der Waals surface area contributed by atoms with Gasteiger partial charge in [0.2, 0.25) is 0 Å². The zero-order valence-electron chi connectivity index (χ0n) is 8.53. The average Bonchev–Trinajstić information content (AvgIpc) is 2.15. The molecule has 14 heavy (non-hydrogen) atoms. The van der Waals surface area contributed by atoms with Crippen LogP contribution in [0, 0.1) is 35.0 Å². The van der Waals surface area contributed by atoms with Gasteiger partial charge in [-0.1, -0.05) is 6.92 Å². The molecule has 4 aliphatic rings. The first-order valence-corrected chi connectivity index (χ1v) is 5.88. The van der Waals surface area contributed by atoms with E-state index in [1.165, 1.54) is 12.8 Å². The summed E-state index contributed by atoms with van der Waals surface area (Å²) in [7, 11) is 0. The van der Waals surface area contributed by atoms with Crippen LogP contribution in [0.4, 0.5) is 0 Å². The summed E-state index contributed by atoms with van der Waals surface area (Å²) in [6.07, 6.45) is 3.86. The van der Waals surface area contributed by atoms with Gasteiger partial charge in [-0.2, -0.15) is 0 Å². The predicted octanol–water partition coefficient (Wildman–Crippen LogP) is 1.84. The number of hydrogen-bond acceptors (Lipinski definition) is 2. The second-order valence-corrected chi connectivity index (χ2v) is 5.98. The number of rotatable bonds is 0. The topological polar surface area (TPSA) is 26.3 Å². The van der Waals surface area contributed by atoms with Crippen LogP contribution in [0.25, 0.3) is 0 Å². The van der Waals surface area contributed by atoms with Gasteiger partial charge < -0.3 is 4.74 Å². The fraction of sp³-hybridized carbons (Fsp3) is 0.917. The number of esters is 1. The van der Waals surface area contributed by atoms with Crippen molar-refractivity contribution in [2.24, 2.45) is 35.0 Å². The molecule has 3 aliphatic carbocycles. The van der Waals surface area contributed by atoms with Crippen molar-refractivity contribution in [3.05, 3.63) is 0 Å². The molecule has 6 unspecified atom stereocenters. The summed E-state index contributed by atoms with van der Waals surface area (Å²) in [5.74, 6) is 3.60. The molecule has 3 saturated carbocycles. The highest BCUT2D eigenvalue weighted by Gasteiger charge is 2.71. The number of carbonyl (C=O) groups is 1. The van der Waals surface area contributed by atoms with Gasteiger partial charge in [-0.25, -0.2) is 0 Å². The number of carbonyl (C=O) groups excluding carboxylic acids is 1. The van der Waals surface area contributed by atoms with Crippen molar-refractivity contribution in [2.45, 2.75) is 26.2 Å². The van der Waals surface area contributed by atoms with E-state index < -0.39 is 0 Å². The van der Waals surface area contributed by atoms with E-state index in [9.17, 15) is 4.79 Å². The van der Waals surface area contributed by atoms with Crippen LogP contribution in [-0.4, -0.2) is 12.6 Å². The maximum Gasteiger partial charge on any atom is 0.309 e. The van der Waals surface area contributed by atoms with E-state index in [4.69, 9.17) is 4.74 Å². The summed E-state index contributed by atoms with van der Waals surface area (Å²) in [6.45, 7) is 3.15. The lowest BCUT2D eigenvalue weighted by Crippen LogP contribution is -2.70. The Morgan fingerprint density at radius 1 is 1.29 bits per heavy atom. The Morgan fingerprint density at radius 3 is 2.86 bits per heavy atom. The molecular weight excluding hydrogens is 176 g/mol. The molecule has 76 valence electrons. The maximum atomic E-state index is 11.6. The van der Waals surface area contributed by atoms with Crippen LogP contribution in [0.3, 0.4) is 0 Å². The molecule has 0 amide bonds. The first-order chi connectivity index (χ1) is 6.71. The Hall–Kier alpha value is -0.530. The molecule has 2 nitrogen and oxygen atoms in total. The summed E-state index contributed by atoms with van der Waals surface area (Å²) >= 11 is 0. The van der Waals surface area contributed by atoms with Crippen LogP contribution in [0.2, 0.25) is 0 Å². The second kappa shape index (κ2) is 2.02. The third-order valence-corrected chi connectivity index (χ3v) is 5.91. The molecule has 1 aliphatic heterocycles. The fourth-order valence-corrected chi connectivity index (χ4v) is 4.98. The number of hydrogen-bond donors (Lipinski definition) is 0. The molecule has 2 bridgehead atoms. The van der Waals surface area contributed by atoms with E-state index in [1.807, 2.05) is 0 Å². The van der Waals surface area contributed by atoms with Crippen LogP contribution in [0.5, 0.6) is 0 Å². The third kappa shape index (κ3) is 0.582. The normalized spacial score (nSPS) is 63.2. The standard InChI is InChI=1S/C12H16O2/c1-12-7-3-9(12)6-2-8(10(12)4-7)11(13)14-5-6/h6-10H,2-5H2,1H3. The number of fused-ring (bicyclic) bond motifs is 4. The Kier molecular flexibility index (Phi) is 1.12. The van der Waals surface area contributed by atoms with Gasteiger partial charge in [0.05, 0.1) is 12.5 Å². The minimum Gasteiger partial charge on any atom is -0.465 e. The summed E-state index contributed by atoms with van der Waals surface area (Å²) in [4.78, 5) is 11.6. The second-order valence-electron chi connectivity index (χ2n) is 5.98. The lowest BCUT2D eigenvalue weighted by atomic mass is 9.31. The molecule has 0 aromatic carbocycles. The van der Waals surface area contributed by atoms with E-state index in [0.29, 0.717) is 17.3 Å². The van der Waals surface area contributed by atoms with Crippen molar-refractivity contribution in [3.63, 3.8) is 0 Å². The molecule has 2 heteroatoms. The predicted molar refractivity (Wildman–Crippen MR) is 50.4 cm³/mol. The molecule has 0 aromatic rings. The largest absolute Gasteiger partial charge is 0.465 e. The monoisotopic (exact) mass is 192 g/mol. The third-order valence-electron chi connectivity index (χ3n) is 5.91. The summed E-state index contributed by atoms with van der Waals surface area (Å²) < 4.78 is 5.30. The van der Waals surface area contributed by atoms with Crippen LogP contribution in [-0.2, 0) is 9.53 Å². The van der Waals surface area contributed by atoms with Crippen molar-refractivity contribution < 1.29 is 9.53 Å². The van der Waals surface area contributed by atoms with Gasteiger partial charge in [0.25, 0.3) is 0 Å². The maximum absolute atomic E-state index is 11.6. The van der Waals surface area contributed by atoms with Crippen molar-refractivity contribution in [1.29, 1.82) is 0 Å². The van der Waals surface area contributed by atoms with Crippen molar-refractivity contribution in [3.8, 4) is 0 Å². The average molecular weight is 192 g/mol. The first-order valence-electron chi connectivity index (χ1n) is 5.88. The highest BCUT2D eigenvalue weighted by atomic mass is 16.5. The molecule has 1 saturated heterocycles. The van der Waals surface area contributed by atoms with Gasteiger partial charge >= 0.3 is 5.97 Å². The molecule has 1 heterocycles. The zero-order chi connectivity index (χ0) is 9.50. The van der Waals surface area contributed by atoms with Crippen molar-refractivity contribution in [2.75, 3.05) is 6.61 Å². The van der Waals surface area contributed by atoms with Gasteiger partial charge in [0.1, 0.15) is 0 Å². The van der Waals surface area contributed by atoms with Crippen LogP contribution >= 0.6 is 0 Å². The molecule has 0 aromatic heterocycles. The van der Waals surface area contributed by atoms with E-state index in [0.717, 1.165) is 24.9 Å². The van der Waals surface area contributed by atoms with Gasteiger partial charge in [-0.05, 0) is 48.3 Å². The first kappa shape index (κ1) is 7.72. The minimum absolute atomic E-state index is 0.108. The molecule has 0 N–H and O–H groups in total. The van der Waals surface area contributed by atoms with Gasteiger partial charge in [0.15, 0.2) is 0 Å². The summed E-state index contributed by atoms with van der Waals surface area (Å²) in [5, 5.41) is 0. The van der Waals surface area contributed by atoms with Crippen molar-refractivity contribution in [1.82, 2.24) is 0 Å².